The van der Waals surface area contributed by atoms with Crippen molar-refractivity contribution in [2.75, 3.05) is 13.2 Å². The Morgan fingerprint density at radius 3 is 0.756 bits per heavy atom. The second kappa shape index (κ2) is 65.5. The van der Waals surface area contributed by atoms with E-state index >= 15 is 0 Å². The monoisotopic (exact) mass is 1060 g/mol. The van der Waals surface area contributed by atoms with Crippen LogP contribution in [0.4, 0.5) is 0 Å². The van der Waals surface area contributed by atoms with Gasteiger partial charge in [0, 0.05) is 12.8 Å². The number of hydrogen-bond donors (Lipinski definition) is 1. The van der Waals surface area contributed by atoms with E-state index in [4.69, 9.17) is 9.47 Å². The van der Waals surface area contributed by atoms with Gasteiger partial charge in [-0.15, -0.1) is 0 Å². The van der Waals surface area contributed by atoms with E-state index < -0.39 is 6.10 Å². The molecular weight excluding hydrogens is 957 g/mol. The van der Waals surface area contributed by atoms with E-state index in [1.54, 1.807) is 0 Å². The van der Waals surface area contributed by atoms with Crippen LogP contribution in [0, 0.1) is 0 Å². The zero-order chi connectivity index (χ0) is 56.2. The number of hydrogen-bond acceptors (Lipinski definition) is 5. The van der Waals surface area contributed by atoms with Crippen LogP contribution in [0.2, 0.25) is 0 Å². The average molecular weight is 1070 g/mol. The lowest BCUT2D eigenvalue weighted by molar-refractivity contribution is -0.161. The number of carbonyl (C=O) groups is 2. The summed E-state index contributed by atoms with van der Waals surface area (Å²) < 4.78 is 10.7. The molecule has 1 unspecified atom stereocenters. The van der Waals surface area contributed by atoms with E-state index in [0.29, 0.717) is 12.8 Å². The third kappa shape index (κ3) is 62.8. The van der Waals surface area contributed by atoms with Crippen LogP contribution < -0.4 is 0 Å². The molecule has 1 N–H and O–H groups in total. The minimum Gasteiger partial charge on any atom is -0.462 e. The van der Waals surface area contributed by atoms with E-state index in [0.717, 1.165) is 180 Å². The Labute approximate surface area is 478 Å². The maximum atomic E-state index is 12.3. The molecule has 5 nitrogen and oxygen atoms in total. The molecule has 0 aromatic carbocycles. The summed E-state index contributed by atoms with van der Waals surface area (Å²) in [6.45, 7) is 3.85. The summed E-state index contributed by atoms with van der Waals surface area (Å²) in [5, 5.41) is 9.66. The molecule has 0 heterocycles. The van der Waals surface area contributed by atoms with Gasteiger partial charge in [0.2, 0.25) is 0 Å². The molecule has 78 heavy (non-hydrogen) atoms. The van der Waals surface area contributed by atoms with Crippen LogP contribution in [-0.2, 0) is 19.1 Å². The van der Waals surface area contributed by atoms with Crippen molar-refractivity contribution in [1.82, 2.24) is 0 Å². The molecule has 0 aromatic heterocycles. The van der Waals surface area contributed by atoms with Crippen LogP contribution in [0.5, 0.6) is 0 Å². The summed E-state index contributed by atoms with van der Waals surface area (Å²) in [4.78, 5) is 24.5. The number of aliphatic hydroxyl groups excluding tert-OH is 1. The van der Waals surface area contributed by atoms with Crippen LogP contribution in [0.25, 0.3) is 0 Å². The van der Waals surface area contributed by atoms with Crippen molar-refractivity contribution in [2.45, 2.75) is 213 Å². The second-order valence-electron chi connectivity index (χ2n) is 19.0. The topological polar surface area (TPSA) is 72.8 Å². The number of allylic oxidation sites excluding steroid dienone is 36. The van der Waals surface area contributed by atoms with Crippen molar-refractivity contribution < 1.29 is 24.2 Å². The van der Waals surface area contributed by atoms with Crippen molar-refractivity contribution in [3.8, 4) is 0 Å². The molecular formula is C73H108O5. The number of esters is 2. The van der Waals surface area contributed by atoms with Gasteiger partial charge in [0.05, 0.1) is 6.61 Å². The third-order valence-electron chi connectivity index (χ3n) is 11.8. The molecule has 0 radical (unpaired) electrons. The average Bonchev–Trinajstić information content (AvgIpc) is 3.44. The highest BCUT2D eigenvalue weighted by Crippen LogP contribution is 2.11. The summed E-state index contributed by atoms with van der Waals surface area (Å²) >= 11 is 0. The largest absolute Gasteiger partial charge is 0.462 e. The standard InChI is InChI=1S/C73H108O5/c1-3-5-7-9-11-13-15-17-19-21-23-25-27-28-29-30-31-32-33-34-35-36-37-38-39-40-41-42-43-44-46-48-50-52-54-56-58-60-62-64-66-68-73(76)78-71(69-74)70-77-72(75)67-65-63-61-59-57-55-53-51-49-47-45-26-24-22-20-18-16-14-12-10-8-6-4-2/h5-8,11-14,17-20,23-26,28-29,31-32,34-35,37-38,40-41,43-44,47-50,53-56,71,74H,3-4,9-10,15-16,21-22,27,30,33,36,39,42,45-46,51-52,57-70H2,1-2H3/b7-5-,8-6-,13-11-,14-12-,19-17-,20-18-,25-23-,26-24-,29-28-,32-31-,35-34-,38-37-,41-40-,44-43-,49-47-,50-48-,55-53-,56-54-. The predicted molar refractivity (Wildman–Crippen MR) is 342 cm³/mol. The number of unbranched alkanes of at least 4 members (excludes halogenated alkanes) is 8. The van der Waals surface area contributed by atoms with Crippen LogP contribution in [0.3, 0.4) is 0 Å². The number of rotatable bonds is 52. The lowest BCUT2D eigenvalue weighted by Gasteiger charge is -2.15. The SMILES string of the molecule is CC/C=C\C/C=C\C/C=C\C/C=C\C/C=C\C/C=C\C/C=C\C/C=C\C/C=C\C/C=C\C/C=C\C/C=C\CCCCCCC(=O)OC(CO)COC(=O)CCCCCC/C=C\C/C=C\C/C=C\C/C=C\C/C=C\C/C=C\CC. The molecule has 0 aromatic rings. The van der Waals surface area contributed by atoms with Gasteiger partial charge >= 0.3 is 11.9 Å². The van der Waals surface area contributed by atoms with E-state index in [-0.39, 0.29) is 25.2 Å². The Bertz CT molecular complexity index is 1930. The molecule has 0 aliphatic rings. The van der Waals surface area contributed by atoms with Crippen molar-refractivity contribution in [2.24, 2.45) is 0 Å². The van der Waals surface area contributed by atoms with Gasteiger partial charge in [-0.1, -0.05) is 258 Å². The molecule has 0 aliphatic carbocycles. The van der Waals surface area contributed by atoms with Crippen LogP contribution in [-0.4, -0.2) is 36.4 Å². The molecule has 0 saturated heterocycles. The molecule has 0 saturated carbocycles. The molecule has 0 rings (SSSR count). The minimum absolute atomic E-state index is 0.106. The van der Waals surface area contributed by atoms with Crippen molar-refractivity contribution in [3.05, 3.63) is 219 Å². The Kier molecular flexibility index (Phi) is 60.6. The smallest absolute Gasteiger partial charge is 0.306 e. The normalized spacial score (nSPS) is 13.8. The van der Waals surface area contributed by atoms with E-state index in [1.165, 1.54) is 0 Å². The summed E-state index contributed by atoms with van der Waals surface area (Å²) in [5.74, 6) is -0.669. The van der Waals surface area contributed by atoms with Crippen molar-refractivity contribution in [3.63, 3.8) is 0 Å². The molecule has 0 spiro atoms. The Hall–Kier alpha value is -5.78. The summed E-state index contributed by atoms with van der Waals surface area (Å²) in [6.07, 6.45) is 108. The summed E-state index contributed by atoms with van der Waals surface area (Å²) in [6, 6.07) is 0. The lowest BCUT2D eigenvalue weighted by Crippen LogP contribution is -2.28. The fourth-order valence-electron chi connectivity index (χ4n) is 7.30. The minimum atomic E-state index is -0.816. The molecule has 0 bridgehead atoms. The number of aliphatic hydroxyl groups is 1. The first-order chi connectivity index (χ1) is 38.6. The molecule has 0 fully saturated rings. The zero-order valence-corrected chi connectivity index (χ0v) is 49.1. The van der Waals surface area contributed by atoms with Crippen molar-refractivity contribution >= 4 is 11.9 Å². The first kappa shape index (κ1) is 72.2. The van der Waals surface area contributed by atoms with Gasteiger partial charge in [0.25, 0.3) is 0 Å². The van der Waals surface area contributed by atoms with E-state index in [9.17, 15) is 14.7 Å². The highest BCUT2D eigenvalue weighted by Gasteiger charge is 2.16. The maximum Gasteiger partial charge on any atom is 0.306 e. The third-order valence-corrected chi connectivity index (χ3v) is 11.8. The maximum absolute atomic E-state index is 12.3. The first-order valence-corrected chi connectivity index (χ1v) is 30.3. The lowest BCUT2D eigenvalue weighted by atomic mass is 10.1. The number of ether oxygens (including phenoxy) is 2. The zero-order valence-electron chi connectivity index (χ0n) is 49.1. The summed E-state index contributed by atoms with van der Waals surface area (Å²) in [5.41, 5.74) is 0. The quantitative estimate of drug-likeness (QED) is 0.0373. The predicted octanol–water partition coefficient (Wildman–Crippen LogP) is 21.2. The molecule has 5 heteroatoms. The van der Waals surface area contributed by atoms with E-state index in [2.05, 4.69) is 233 Å². The van der Waals surface area contributed by atoms with Crippen LogP contribution in [0.15, 0.2) is 219 Å². The Balaban J connectivity index is 3.73. The van der Waals surface area contributed by atoms with Crippen molar-refractivity contribution in [1.29, 1.82) is 0 Å². The van der Waals surface area contributed by atoms with Gasteiger partial charge in [0.1, 0.15) is 6.61 Å². The van der Waals surface area contributed by atoms with Gasteiger partial charge in [0.15, 0.2) is 6.10 Å². The molecule has 0 aliphatic heterocycles. The molecule has 1 atom stereocenters. The van der Waals surface area contributed by atoms with Gasteiger partial charge in [-0.2, -0.15) is 0 Å². The first-order valence-electron chi connectivity index (χ1n) is 30.3. The van der Waals surface area contributed by atoms with Crippen LogP contribution in [0.1, 0.15) is 206 Å². The Morgan fingerprint density at radius 2 is 0.513 bits per heavy atom. The van der Waals surface area contributed by atoms with Gasteiger partial charge in [-0.05, 0) is 154 Å². The number of carbonyl (C=O) groups excluding carboxylic acids is 2. The Morgan fingerprint density at radius 1 is 0.295 bits per heavy atom. The van der Waals surface area contributed by atoms with Gasteiger partial charge in [-0.3, -0.25) is 9.59 Å². The molecule has 0 amide bonds. The highest BCUT2D eigenvalue weighted by atomic mass is 16.6. The fourth-order valence-corrected chi connectivity index (χ4v) is 7.30. The summed E-state index contributed by atoms with van der Waals surface area (Å²) in [7, 11) is 0. The fraction of sp³-hybridized carbons (Fsp3) is 0.479. The molecule has 430 valence electrons. The van der Waals surface area contributed by atoms with Gasteiger partial charge in [-0.25, -0.2) is 0 Å². The highest BCUT2D eigenvalue weighted by molar-refractivity contribution is 5.70. The van der Waals surface area contributed by atoms with Crippen LogP contribution >= 0.6 is 0 Å². The second-order valence-corrected chi connectivity index (χ2v) is 19.0. The van der Waals surface area contributed by atoms with Gasteiger partial charge < -0.3 is 14.6 Å². The van der Waals surface area contributed by atoms with E-state index in [1.807, 2.05) is 0 Å².